The van der Waals surface area contributed by atoms with E-state index in [1.807, 2.05) is 0 Å². The van der Waals surface area contributed by atoms with Gasteiger partial charge in [0.1, 0.15) is 17.4 Å². The molecule has 120 valence electrons. The molecule has 0 fully saturated rings. The molecular weight excluding hydrogens is 306 g/mol. The molecule has 5 nitrogen and oxygen atoms in total. The van der Waals surface area contributed by atoms with E-state index in [2.05, 4.69) is 10.9 Å². The Morgan fingerprint density at radius 3 is 2.35 bits per heavy atom. The Bertz CT molecular complexity index is 705. The molecule has 2 amide bonds. The fourth-order valence-corrected chi connectivity index (χ4v) is 1.69. The molecule has 23 heavy (non-hydrogen) atoms. The van der Waals surface area contributed by atoms with Gasteiger partial charge in [-0.25, -0.2) is 8.78 Å². The summed E-state index contributed by atoms with van der Waals surface area (Å²) in [6.45, 7) is 1.45. The third-order valence-electron chi connectivity index (χ3n) is 2.88. The van der Waals surface area contributed by atoms with Crippen LogP contribution in [0, 0.1) is 11.6 Å². The highest BCUT2D eigenvalue weighted by Crippen LogP contribution is 2.13. The highest BCUT2D eigenvalue weighted by Gasteiger charge is 2.16. The van der Waals surface area contributed by atoms with Gasteiger partial charge in [-0.1, -0.05) is 6.07 Å². The summed E-state index contributed by atoms with van der Waals surface area (Å²) >= 11 is 0. The van der Waals surface area contributed by atoms with Gasteiger partial charge in [-0.15, -0.1) is 0 Å². The van der Waals surface area contributed by atoms with Crippen molar-refractivity contribution in [3.63, 3.8) is 0 Å². The highest BCUT2D eigenvalue weighted by molar-refractivity contribution is 5.95. The predicted molar refractivity (Wildman–Crippen MR) is 78.5 cm³/mol. The minimum absolute atomic E-state index is 0.186. The van der Waals surface area contributed by atoms with Crippen molar-refractivity contribution in [2.24, 2.45) is 0 Å². The molecule has 2 N–H and O–H groups in total. The molecule has 7 heteroatoms. The van der Waals surface area contributed by atoms with Crippen molar-refractivity contribution < 1.29 is 23.1 Å². The van der Waals surface area contributed by atoms with E-state index in [4.69, 9.17) is 4.74 Å². The summed E-state index contributed by atoms with van der Waals surface area (Å²) in [6.07, 6.45) is -0.953. The van der Waals surface area contributed by atoms with Crippen LogP contribution in [0.4, 0.5) is 8.78 Å². The van der Waals surface area contributed by atoms with Gasteiger partial charge in [0.15, 0.2) is 6.10 Å². The topological polar surface area (TPSA) is 67.4 Å². The first-order valence-corrected chi connectivity index (χ1v) is 6.73. The Balaban J connectivity index is 1.86. The monoisotopic (exact) mass is 320 g/mol. The maximum absolute atomic E-state index is 13.0. The molecule has 0 radical (unpaired) electrons. The van der Waals surface area contributed by atoms with Crippen molar-refractivity contribution in [3.05, 3.63) is 65.7 Å². The first-order chi connectivity index (χ1) is 11.0. The van der Waals surface area contributed by atoms with E-state index >= 15 is 0 Å². The lowest BCUT2D eigenvalue weighted by Crippen LogP contribution is -2.47. The number of hydrogen-bond donors (Lipinski definition) is 2. The number of ether oxygens (including phenoxy) is 1. The number of hydrogen-bond acceptors (Lipinski definition) is 3. The lowest BCUT2D eigenvalue weighted by molar-refractivity contribution is -0.128. The van der Waals surface area contributed by atoms with E-state index in [0.29, 0.717) is 0 Å². The van der Waals surface area contributed by atoms with Gasteiger partial charge in [-0.3, -0.25) is 20.4 Å². The van der Waals surface area contributed by atoms with Gasteiger partial charge in [0.2, 0.25) is 0 Å². The van der Waals surface area contributed by atoms with Crippen molar-refractivity contribution in [3.8, 4) is 5.75 Å². The number of amides is 2. The third-order valence-corrected chi connectivity index (χ3v) is 2.88. The summed E-state index contributed by atoms with van der Waals surface area (Å²) in [7, 11) is 0. The largest absolute Gasteiger partial charge is 0.481 e. The molecule has 0 spiro atoms. The maximum atomic E-state index is 13.0. The Morgan fingerprint density at radius 2 is 1.70 bits per heavy atom. The smallest absolute Gasteiger partial charge is 0.279 e. The predicted octanol–water partition coefficient (Wildman–Crippen LogP) is 2.19. The molecule has 0 bridgehead atoms. The number of hydrazine groups is 1. The van der Waals surface area contributed by atoms with E-state index in [9.17, 15) is 18.4 Å². The van der Waals surface area contributed by atoms with Crippen LogP contribution in [-0.2, 0) is 4.79 Å². The summed E-state index contributed by atoms with van der Waals surface area (Å²) in [5, 5.41) is 0. The number of carbonyl (C=O) groups is 2. The molecule has 0 aliphatic carbocycles. The summed E-state index contributed by atoms with van der Waals surface area (Å²) in [4.78, 5) is 23.6. The molecule has 1 unspecified atom stereocenters. The fourth-order valence-electron chi connectivity index (χ4n) is 1.69. The van der Waals surface area contributed by atoms with Crippen molar-refractivity contribution in [2.75, 3.05) is 0 Å². The number of rotatable bonds is 4. The van der Waals surface area contributed by atoms with E-state index in [1.54, 1.807) is 0 Å². The second-order valence-electron chi connectivity index (χ2n) is 4.67. The van der Waals surface area contributed by atoms with Crippen LogP contribution in [0.2, 0.25) is 0 Å². The summed E-state index contributed by atoms with van der Waals surface area (Å²) in [5.74, 6) is -1.99. The van der Waals surface area contributed by atoms with Gasteiger partial charge in [-0.05, 0) is 43.3 Å². The molecule has 0 saturated carbocycles. The van der Waals surface area contributed by atoms with Crippen molar-refractivity contribution in [1.29, 1.82) is 0 Å². The van der Waals surface area contributed by atoms with E-state index in [0.717, 1.165) is 18.2 Å². The van der Waals surface area contributed by atoms with Crippen LogP contribution in [0.5, 0.6) is 5.75 Å². The van der Waals surface area contributed by atoms with Crippen LogP contribution in [-0.4, -0.2) is 17.9 Å². The minimum atomic E-state index is -0.953. The van der Waals surface area contributed by atoms with Gasteiger partial charge in [0, 0.05) is 11.6 Å². The van der Waals surface area contributed by atoms with Crippen molar-refractivity contribution in [2.45, 2.75) is 13.0 Å². The quantitative estimate of drug-likeness (QED) is 0.849. The van der Waals surface area contributed by atoms with Crippen LogP contribution >= 0.6 is 0 Å². The standard InChI is InChI=1S/C16H14F2N2O3/c1-10(23-14-4-2-3-13(18)9-14)15(21)19-20-16(22)11-5-7-12(17)8-6-11/h2-10H,1H3,(H,19,21)(H,20,22). The Labute approximate surface area is 131 Å². The zero-order valence-corrected chi connectivity index (χ0v) is 12.2. The first kappa shape index (κ1) is 16.4. The second-order valence-corrected chi connectivity index (χ2v) is 4.67. The molecule has 2 aromatic carbocycles. The van der Waals surface area contributed by atoms with Gasteiger partial charge in [0.05, 0.1) is 0 Å². The molecule has 0 heterocycles. The summed E-state index contributed by atoms with van der Waals surface area (Å²) in [6, 6.07) is 10.2. The van der Waals surface area contributed by atoms with Crippen LogP contribution < -0.4 is 15.6 Å². The number of nitrogens with one attached hydrogen (secondary N) is 2. The molecule has 0 aliphatic heterocycles. The first-order valence-electron chi connectivity index (χ1n) is 6.73. The van der Waals surface area contributed by atoms with E-state index in [1.165, 1.54) is 37.3 Å². The minimum Gasteiger partial charge on any atom is -0.481 e. The zero-order chi connectivity index (χ0) is 16.8. The number of carbonyl (C=O) groups excluding carboxylic acids is 2. The SMILES string of the molecule is CC(Oc1cccc(F)c1)C(=O)NNC(=O)c1ccc(F)cc1. The van der Waals surface area contributed by atoms with E-state index < -0.39 is 29.6 Å². The fraction of sp³-hybridized carbons (Fsp3) is 0.125. The molecule has 0 aliphatic rings. The third kappa shape index (κ3) is 4.77. The number of halogens is 2. The molecule has 2 aromatic rings. The van der Waals surface area contributed by atoms with Gasteiger partial charge in [-0.2, -0.15) is 0 Å². The maximum Gasteiger partial charge on any atom is 0.279 e. The molecule has 1 atom stereocenters. The van der Waals surface area contributed by atoms with Gasteiger partial charge in [0.25, 0.3) is 11.8 Å². The van der Waals surface area contributed by atoms with Crippen LogP contribution in [0.15, 0.2) is 48.5 Å². The van der Waals surface area contributed by atoms with Crippen LogP contribution in [0.1, 0.15) is 17.3 Å². The summed E-state index contributed by atoms with van der Waals surface area (Å²) < 4.78 is 31.0. The Hall–Kier alpha value is -2.96. The summed E-state index contributed by atoms with van der Waals surface area (Å²) in [5.41, 5.74) is 4.55. The Morgan fingerprint density at radius 1 is 1.00 bits per heavy atom. The molecular formula is C16H14F2N2O3. The van der Waals surface area contributed by atoms with Gasteiger partial charge < -0.3 is 4.74 Å². The van der Waals surface area contributed by atoms with Crippen molar-refractivity contribution >= 4 is 11.8 Å². The van der Waals surface area contributed by atoms with Gasteiger partial charge >= 0.3 is 0 Å². The zero-order valence-electron chi connectivity index (χ0n) is 12.2. The average Bonchev–Trinajstić information content (AvgIpc) is 2.53. The number of benzene rings is 2. The second kappa shape index (κ2) is 7.35. The molecule has 2 rings (SSSR count). The van der Waals surface area contributed by atoms with Crippen LogP contribution in [0.25, 0.3) is 0 Å². The molecule has 0 saturated heterocycles. The lowest BCUT2D eigenvalue weighted by atomic mass is 10.2. The van der Waals surface area contributed by atoms with E-state index in [-0.39, 0.29) is 11.3 Å². The Kier molecular flexibility index (Phi) is 5.24. The highest BCUT2D eigenvalue weighted by atomic mass is 19.1. The lowest BCUT2D eigenvalue weighted by Gasteiger charge is -2.15. The normalized spacial score (nSPS) is 11.4. The van der Waals surface area contributed by atoms with Crippen molar-refractivity contribution in [1.82, 2.24) is 10.9 Å². The van der Waals surface area contributed by atoms with Crippen LogP contribution in [0.3, 0.4) is 0 Å². The molecule has 0 aromatic heterocycles. The average molecular weight is 320 g/mol.